The Hall–Kier alpha value is -3.19. The number of aryl methyl sites for hydroxylation is 1. The number of hydrogen-bond donors (Lipinski definition) is 1. The number of rotatable bonds is 7. The van der Waals surface area contributed by atoms with Crippen LogP contribution in [-0.2, 0) is 4.79 Å². The zero-order valence-corrected chi connectivity index (χ0v) is 16.6. The summed E-state index contributed by atoms with van der Waals surface area (Å²) < 4.78 is 10.8. The maximum atomic E-state index is 12.3. The van der Waals surface area contributed by atoms with Crippen LogP contribution in [0.25, 0.3) is 11.3 Å². The number of aromatic nitrogens is 1. The highest BCUT2D eigenvalue weighted by molar-refractivity contribution is 7.09. The standard InChI is InChI=1S/C21H20N2O4S/c1-13(24)15-7-8-19(20(10-15)26-3)27-11-21(25)23-17-6-4-5-16(9-17)18-12-28-14(2)22-18/h4-10,12H,11H2,1-3H3,(H,23,25). The van der Waals surface area contributed by atoms with Gasteiger partial charge in [-0.05, 0) is 44.2 Å². The number of ether oxygens (including phenoxy) is 2. The fourth-order valence-corrected chi connectivity index (χ4v) is 3.22. The Morgan fingerprint density at radius 1 is 1.14 bits per heavy atom. The smallest absolute Gasteiger partial charge is 0.262 e. The topological polar surface area (TPSA) is 77.5 Å². The van der Waals surface area contributed by atoms with E-state index in [1.54, 1.807) is 29.5 Å². The molecule has 0 aliphatic heterocycles. The number of nitrogens with zero attached hydrogens (tertiary/aromatic N) is 1. The molecule has 1 amide bonds. The molecule has 0 saturated heterocycles. The van der Waals surface area contributed by atoms with Crippen molar-refractivity contribution in [1.82, 2.24) is 4.98 Å². The third-order valence-corrected chi connectivity index (χ3v) is 4.76. The van der Waals surface area contributed by atoms with Crippen LogP contribution >= 0.6 is 11.3 Å². The number of methoxy groups -OCH3 is 1. The molecule has 0 fully saturated rings. The molecule has 0 aliphatic rings. The number of nitrogens with one attached hydrogen (secondary N) is 1. The van der Waals surface area contributed by atoms with Gasteiger partial charge in [-0.25, -0.2) is 4.98 Å². The van der Waals surface area contributed by atoms with Gasteiger partial charge in [-0.15, -0.1) is 11.3 Å². The first-order valence-corrected chi connectivity index (χ1v) is 9.48. The van der Waals surface area contributed by atoms with Gasteiger partial charge in [0.05, 0.1) is 17.8 Å². The maximum absolute atomic E-state index is 12.3. The van der Waals surface area contributed by atoms with Crippen molar-refractivity contribution in [2.45, 2.75) is 13.8 Å². The van der Waals surface area contributed by atoms with E-state index in [0.29, 0.717) is 22.7 Å². The lowest BCUT2D eigenvalue weighted by Crippen LogP contribution is -2.20. The molecule has 0 unspecified atom stereocenters. The van der Waals surface area contributed by atoms with Gasteiger partial charge in [-0.3, -0.25) is 9.59 Å². The van der Waals surface area contributed by atoms with E-state index in [1.807, 2.05) is 36.6 Å². The minimum atomic E-state index is -0.302. The number of thiazole rings is 1. The Balaban J connectivity index is 1.64. The molecule has 3 rings (SSSR count). The van der Waals surface area contributed by atoms with E-state index in [2.05, 4.69) is 10.3 Å². The predicted octanol–water partition coefficient (Wildman–Crippen LogP) is 4.35. The first-order chi connectivity index (χ1) is 13.5. The van der Waals surface area contributed by atoms with Crippen LogP contribution in [0.3, 0.4) is 0 Å². The van der Waals surface area contributed by atoms with Crippen LogP contribution in [0, 0.1) is 6.92 Å². The lowest BCUT2D eigenvalue weighted by Gasteiger charge is -2.12. The molecule has 0 atom stereocenters. The number of Topliss-reactive ketones (excluding diaryl/α,β-unsaturated/α-hetero) is 1. The number of amides is 1. The Kier molecular flexibility index (Phi) is 6.06. The van der Waals surface area contributed by atoms with Crippen molar-refractivity contribution in [3.63, 3.8) is 0 Å². The second kappa shape index (κ2) is 8.67. The SMILES string of the molecule is COc1cc(C(C)=O)ccc1OCC(=O)Nc1cccc(-c2csc(C)n2)c1. The summed E-state index contributed by atoms with van der Waals surface area (Å²) in [6.45, 7) is 3.24. The number of anilines is 1. The molecule has 0 aliphatic carbocycles. The summed E-state index contributed by atoms with van der Waals surface area (Å²) in [5.74, 6) is 0.429. The summed E-state index contributed by atoms with van der Waals surface area (Å²) in [7, 11) is 1.48. The largest absolute Gasteiger partial charge is 0.493 e. The summed E-state index contributed by atoms with van der Waals surface area (Å²) in [5, 5.41) is 5.78. The van der Waals surface area contributed by atoms with Crippen LogP contribution < -0.4 is 14.8 Å². The van der Waals surface area contributed by atoms with E-state index < -0.39 is 0 Å². The third kappa shape index (κ3) is 4.75. The van der Waals surface area contributed by atoms with Crippen molar-refractivity contribution in [3.05, 3.63) is 58.4 Å². The van der Waals surface area contributed by atoms with Crippen molar-refractivity contribution in [1.29, 1.82) is 0 Å². The minimum Gasteiger partial charge on any atom is -0.493 e. The van der Waals surface area contributed by atoms with Crippen LogP contribution in [-0.4, -0.2) is 30.4 Å². The summed E-state index contributed by atoms with van der Waals surface area (Å²) in [4.78, 5) is 28.2. The number of carbonyl (C=O) groups excluding carboxylic acids is 2. The highest BCUT2D eigenvalue weighted by atomic mass is 32.1. The molecule has 0 saturated carbocycles. The van der Waals surface area contributed by atoms with Gasteiger partial charge in [0.2, 0.25) is 0 Å². The van der Waals surface area contributed by atoms with Gasteiger partial charge in [0.15, 0.2) is 23.9 Å². The minimum absolute atomic E-state index is 0.0715. The molecular weight excluding hydrogens is 376 g/mol. The Bertz CT molecular complexity index is 1010. The molecule has 1 aromatic heterocycles. The zero-order chi connectivity index (χ0) is 20.1. The maximum Gasteiger partial charge on any atom is 0.262 e. The van der Waals surface area contributed by atoms with Crippen LogP contribution in [0.2, 0.25) is 0 Å². The van der Waals surface area contributed by atoms with Crippen molar-refractivity contribution < 1.29 is 19.1 Å². The fraction of sp³-hybridized carbons (Fsp3) is 0.190. The quantitative estimate of drug-likeness (QED) is 0.601. The molecule has 2 aromatic carbocycles. The van der Waals surface area contributed by atoms with Crippen LogP contribution in [0.1, 0.15) is 22.3 Å². The van der Waals surface area contributed by atoms with Crippen LogP contribution in [0.5, 0.6) is 11.5 Å². The van der Waals surface area contributed by atoms with Gasteiger partial charge in [-0.2, -0.15) is 0 Å². The summed E-state index contributed by atoms with van der Waals surface area (Å²) in [6, 6.07) is 12.3. The van der Waals surface area contributed by atoms with Crippen molar-refractivity contribution in [3.8, 4) is 22.8 Å². The molecule has 28 heavy (non-hydrogen) atoms. The molecule has 144 valence electrons. The first kappa shape index (κ1) is 19.6. The Morgan fingerprint density at radius 3 is 2.64 bits per heavy atom. The number of benzene rings is 2. The molecule has 0 spiro atoms. The van der Waals surface area contributed by atoms with Gasteiger partial charge >= 0.3 is 0 Å². The second-order valence-corrected chi connectivity index (χ2v) is 7.15. The van der Waals surface area contributed by atoms with Gasteiger partial charge in [0.25, 0.3) is 5.91 Å². The second-order valence-electron chi connectivity index (χ2n) is 6.09. The van der Waals surface area contributed by atoms with E-state index in [0.717, 1.165) is 16.3 Å². The Labute approximate surface area is 167 Å². The Morgan fingerprint density at radius 2 is 1.96 bits per heavy atom. The molecular formula is C21H20N2O4S. The summed E-state index contributed by atoms with van der Waals surface area (Å²) >= 11 is 1.58. The molecule has 1 heterocycles. The monoisotopic (exact) mass is 396 g/mol. The van der Waals surface area contributed by atoms with Gasteiger partial charge < -0.3 is 14.8 Å². The molecule has 3 aromatic rings. The molecule has 1 N–H and O–H groups in total. The fourth-order valence-electron chi connectivity index (χ4n) is 2.60. The van der Waals surface area contributed by atoms with E-state index >= 15 is 0 Å². The van der Waals surface area contributed by atoms with Gasteiger partial charge in [-0.1, -0.05) is 12.1 Å². The summed E-state index contributed by atoms with van der Waals surface area (Å²) in [5.41, 5.74) is 2.99. The molecule has 7 heteroatoms. The van der Waals surface area contributed by atoms with E-state index in [1.165, 1.54) is 14.0 Å². The average Bonchev–Trinajstić information content (AvgIpc) is 3.12. The number of hydrogen-bond acceptors (Lipinski definition) is 6. The van der Waals surface area contributed by atoms with Gasteiger partial charge in [0, 0.05) is 22.2 Å². The molecule has 6 nitrogen and oxygen atoms in total. The lowest BCUT2D eigenvalue weighted by molar-refractivity contribution is -0.118. The zero-order valence-electron chi connectivity index (χ0n) is 15.8. The first-order valence-electron chi connectivity index (χ1n) is 8.60. The lowest BCUT2D eigenvalue weighted by atomic mass is 10.1. The van der Waals surface area contributed by atoms with Gasteiger partial charge in [0.1, 0.15) is 0 Å². The third-order valence-electron chi connectivity index (χ3n) is 3.99. The summed E-state index contributed by atoms with van der Waals surface area (Å²) in [6.07, 6.45) is 0. The normalized spacial score (nSPS) is 10.4. The van der Waals surface area contributed by atoms with E-state index in [4.69, 9.17) is 9.47 Å². The number of ketones is 1. The average molecular weight is 396 g/mol. The van der Waals surface area contributed by atoms with E-state index in [-0.39, 0.29) is 18.3 Å². The van der Waals surface area contributed by atoms with Crippen molar-refractivity contribution in [2.75, 3.05) is 19.0 Å². The number of carbonyl (C=O) groups is 2. The highest BCUT2D eigenvalue weighted by Gasteiger charge is 2.11. The highest BCUT2D eigenvalue weighted by Crippen LogP contribution is 2.28. The van der Waals surface area contributed by atoms with Crippen molar-refractivity contribution >= 4 is 28.7 Å². The van der Waals surface area contributed by atoms with Crippen molar-refractivity contribution in [2.24, 2.45) is 0 Å². The van der Waals surface area contributed by atoms with Crippen LogP contribution in [0.15, 0.2) is 47.8 Å². The predicted molar refractivity (Wildman–Crippen MR) is 109 cm³/mol. The van der Waals surface area contributed by atoms with Crippen LogP contribution in [0.4, 0.5) is 5.69 Å². The molecule has 0 bridgehead atoms. The molecule has 0 radical (unpaired) electrons. The van der Waals surface area contributed by atoms with E-state index in [9.17, 15) is 9.59 Å².